The minimum absolute atomic E-state index is 0.121. The van der Waals surface area contributed by atoms with Crippen molar-refractivity contribution in [1.82, 2.24) is 0 Å². The number of rotatable bonds is 3. The lowest BCUT2D eigenvalue weighted by Gasteiger charge is -2.06. The van der Waals surface area contributed by atoms with E-state index in [9.17, 15) is 9.90 Å². The number of nitriles is 1. The first kappa shape index (κ1) is 11.5. The van der Waals surface area contributed by atoms with Crippen LogP contribution in [0.5, 0.6) is 11.5 Å². The van der Waals surface area contributed by atoms with Crippen LogP contribution < -0.4 is 4.74 Å². The number of carbonyl (C=O) groups excluding carboxylic acids is 1. The van der Waals surface area contributed by atoms with Gasteiger partial charge in [0.25, 0.3) is 0 Å². The Kier molecular flexibility index (Phi) is 3.69. The van der Waals surface area contributed by atoms with Crippen molar-refractivity contribution >= 4 is 21.7 Å². The normalized spacial score (nSPS) is 9.40. The number of alkyl halides is 1. The Bertz CT molecular complexity index is 437. The highest BCUT2D eigenvalue weighted by Gasteiger charge is 2.14. The monoisotopic (exact) mass is 269 g/mol. The van der Waals surface area contributed by atoms with Gasteiger partial charge in [-0.2, -0.15) is 5.26 Å². The Morgan fingerprint density at radius 3 is 2.80 bits per heavy atom. The highest BCUT2D eigenvalue weighted by atomic mass is 79.9. The molecule has 0 unspecified atom stereocenters. The van der Waals surface area contributed by atoms with E-state index < -0.39 is 0 Å². The average molecular weight is 270 g/mol. The predicted octanol–water partition coefficient (Wildman–Crippen LogP) is 1.85. The standard InChI is InChI=1S/C10H8BrNO3/c1-15-10-3-7(9(14)4-11)6(5-12)2-8(10)13/h2-3,13H,4H2,1H3. The van der Waals surface area contributed by atoms with Gasteiger partial charge in [0.05, 0.1) is 18.0 Å². The number of nitrogens with zero attached hydrogens (tertiary/aromatic N) is 1. The van der Waals surface area contributed by atoms with Crippen LogP contribution in [0.4, 0.5) is 0 Å². The molecule has 0 amide bonds. The third-order valence-electron chi connectivity index (χ3n) is 1.86. The fourth-order valence-corrected chi connectivity index (χ4v) is 1.43. The summed E-state index contributed by atoms with van der Waals surface area (Å²) in [6, 6.07) is 4.42. The lowest BCUT2D eigenvalue weighted by Crippen LogP contribution is -2.03. The van der Waals surface area contributed by atoms with Crippen LogP contribution in [0.3, 0.4) is 0 Å². The van der Waals surface area contributed by atoms with E-state index in [1.54, 1.807) is 0 Å². The topological polar surface area (TPSA) is 70.3 Å². The minimum Gasteiger partial charge on any atom is -0.504 e. The summed E-state index contributed by atoms with van der Waals surface area (Å²) < 4.78 is 4.85. The number of benzene rings is 1. The largest absolute Gasteiger partial charge is 0.504 e. The average Bonchev–Trinajstić information content (AvgIpc) is 2.27. The summed E-state index contributed by atoms with van der Waals surface area (Å²) >= 11 is 3.02. The zero-order chi connectivity index (χ0) is 11.4. The second kappa shape index (κ2) is 4.80. The van der Waals surface area contributed by atoms with Gasteiger partial charge in [-0.15, -0.1) is 0 Å². The van der Waals surface area contributed by atoms with E-state index in [1.807, 2.05) is 6.07 Å². The first-order chi connectivity index (χ1) is 7.13. The maximum absolute atomic E-state index is 11.4. The van der Waals surface area contributed by atoms with Gasteiger partial charge >= 0.3 is 0 Å². The molecule has 0 aliphatic heterocycles. The molecule has 0 fully saturated rings. The summed E-state index contributed by atoms with van der Waals surface area (Å²) in [5.41, 5.74) is 0.377. The van der Waals surface area contributed by atoms with E-state index in [-0.39, 0.29) is 33.7 Å². The zero-order valence-electron chi connectivity index (χ0n) is 7.95. The third kappa shape index (κ3) is 2.28. The van der Waals surface area contributed by atoms with Crippen molar-refractivity contribution < 1.29 is 14.6 Å². The van der Waals surface area contributed by atoms with Crippen LogP contribution in [0.2, 0.25) is 0 Å². The van der Waals surface area contributed by atoms with Gasteiger partial charge < -0.3 is 9.84 Å². The molecule has 0 heterocycles. The number of phenolic OH excluding ortho intramolecular Hbond substituents is 1. The van der Waals surface area contributed by atoms with E-state index >= 15 is 0 Å². The number of halogens is 1. The van der Waals surface area contributed by atoms with Crippen LogP contribution in [0.25, 0.3) is 0 Å². The molecule has 0 aromatic heterocycles. The summed E-state index contributed by atoms with van der Waals surface area (Å²) in [6.45, 7) is 0. The molecule has 15 heavy (non-hydrogen) atoms. The Morgan fingerprint density at radius 1 is 1.67 bits per heavy atom. The van der Waals surface area contributed by atoms with Crippen molar-refractivity contribution in [1.29, 1.82) is 5.26 Å². The van der Waals surface area contributed by atoms with Crippen molar-refractivity contribution in [3.63, 3.8) is 0 Å². The number of hydrogen-bond donors (Lipinski definition) is 1. The van der Waals surface area contributed by atoms with Gasteiger partial charge in [-0.1, -0.05) is 15.9 Å². The van der Waals surface area contributed by atoms with Gasteiger partial charge in [0.2, 0.25) is 0 Å². The number of hydrogen-bond acceptors (Lipinski definition) is 4. The number of methoxy groups -OCH3 is 1. The van der Waals surface area contributed by atoms with Gasteiger partial charge in [-0.05, 0) is 6.07 Å². The summed E-state index contributed by atoms with van der Waals surface area (Å²) in [5, 5.41) is 18.3. The molecular weight excluding hydrogens is 262 g/mol. The first-order valence-corrected chi connectivity index (χ1v) is 5.16. The Hall–Kier alpha value is -1.54. The number of phenols is 1. The lowest BCUT2D eigenvalue weighted by molar-refractivity contribution is 0.102. The zero-order valence-corrected chi connectivity index (χ0v) is 9.54. The molecule has 0 atom stereocenters. The highest BCUT2D eigenvalue weighted by molar-refractivity contribution is 9.09. The van der Waals surface area contributed by atoms with Crippen LogP contribution in [-0.2, 0) is 0 Å². The highest BCUT2D eigenvalue weighted by Crippen LogP contribution is 2.29. The van der Waals surface area contributed by atoms with Crippen molar-refractivity contribution in [2.24, 2.45) is 0 Å². The summed E-state index contributed by atoms with van der Waals surface area (Å²) in [5.74, 6) is -0.205. The molecule has 4 nitrogen and oxygen atoms in total. The number of ether oxygens (including phenoxy) is 1. The smallest absolute Gasteiger partial charge is 0.174 e. The third-order valence-corrected chi connectivity index (χ3v) is 2.37. The van der Waals surface area contributed by atoms with Crippen LogP contribution in [-0.4, -0.2) is 23.3 Å². The van der Waals surface area contributed by atoms with Gasteiger partial charge in [0.15, 0.2) is 17.3 Å². The molecule has 1 aromatic rings. The molecule has 0 radical (unpaired) electrons. The van der Waals surface area contributed by atoms with E-state index in [0.29, 0.717) is 0 Å². The van der Waals surface area contributed by atoms with Crippen LogP contribution in [0, 0.1) is 11.3 Å². The minimum atomic E-state index is -0.232. The van der Waals surface area contributed by atoms with Gasteiger partial charge in [-0.25, -0.2) is 0 Å². The molecule has 5 heteroatoms. The molecule has 0 aliphatic rings. The van der Waals surface area contributed by atoms with E-state index in [0.717, 1.165) is 0 Å². The maximum Gasteiger partial charge on any atom is 0.174 e. The molecule has 1 aromatic carbocycles. The van der Waals surface area contributed by atoms with E-state index in [4.69, 9.17) is 10.00 Å². The Labute approximate surface area is 95.2 Å². The van der Waals surface area contributed by atoms with Gasteiger partial charge in [0, 0.05) is 11.6 Å². The van der Waals surface area contributed by atoms with Crippen molar-refractivity contribution in [3.05, 3.63) is 23.3 Å². The van der Waals surface area contributed by atoms with Crippen molar-refractivity contribution in [2.45, 2.75) is 0 Å². The van der Waals surface area contributed by atoms with Crippen molar-refractivity contribution in [3.8, 4) is 17.6 Å². The van der Waals surface area contributed by atoms with Crippen molar-refractivity contribution in [2.75, 3.05) is 12.4 Å². The van der Waals surface area contributed by atoms with Crippen LogP contribution in [0.15, 0.2) is 12.1 Å². The van der Waals surface area contributed by atoms with Crippen LogP contribution >= 0.6 is 15.9 Å². The fourth-order valence-electron chi connectivity index (χ4n) is 1.13. The molecule has 78 valence electrons. The number of aromatic hydroxyl groups is 1. The maximum atomic E-state index is 11.4. The molecule has 0 saturated heterocycles. The van der Waals surface area contributed by atoms with E-state index in [1.165, 1.54) is 19.2 Å². The molecule has 0 saturated carbocycles. The second-order valence-corrected chi connectivity index (χ2v) is 3.30. The molecule has 1 N–H and O–H groups in total. The molecule has 0 bridgehead atoms. The van der Waals surface area contributed by atoms with Gasteiger partial charge in [0.1, 0.15) is 6.07 Å². The predicted molar refractivity (Wildman–Crippen MR) is 57.5 cm³/mol. The molecule has 1 rings (SSSR count). The SMILES string of the molecule is COc1cc(C(=O)CBr)c(C#N)cc1O. The molecule has 0 spiro atoms. The summed E-state index contributed by atoms with van der Waals surface area (Å²) in [7, 11) is 1.38. The lowest BCUT2D eigenvalue weighted by atomic mass is 10.0. The molecular formula is C10H8BrNO3. The van der Waals surface area contributed by atoms with E-state index in [2.05, 4.69) is 15.9 Å². The molecule has 0 aliphatic carbocycles. The quantitative estimate of drug-likeness (QED) is 0.672. The van der Waals surface area contributed by atoms with Gasteiger partial charge in [-0.3, -0.25) is 4.79 Å². The second-order valence-electron chi connectivity index (χ2n) is 2.74. The summed E-state index contributed by atoms with van der Waals surface area (Å²) in [6.07, 6.45) is 0. The van der Waals surface area contributed by atoms with Crippen LogP contribution in [0.1, 0.15) is 15.9 Å². The number of ketones is 1. The Balaban J connectivity index is 3.37. The number of Topliss-reactive ketones (excluding diaryl/α,β-unsaturated/α-hetero) is 1. The fraction of sp³-hybridized carbons (Fsp3) is 0.200. The Morgan fingerprint density at radius 2 is 2.33 bits per heavy atom. The first-order valence-electron chi connectivity index (χ1n) is 4.04. The summed E-state index contributed by atoms with van der Waals surface area (Å²) in [4.78, 5) is 11.4. The number of carbonyl (C=O) groups is 1.